The van der Waals surface area contributed by atoms with Crippen molar-refractivity contribution in [1.29, 1.82) is 0 Å². The lowest BCUT2D eigenvalue weighted by Crippen LogP contribution is -2.02. The lowest BCUT2D eigenvalue weighted by Gasteiger charge is -2.11. The molecule has 19 heavy (non-hydrogen) atoms. The van der Waals surface area contributed by atoms with Gasteiger partial charge in [0.15, 0.2) is 4.47 Å². The first-order valence-electron chi connectivity index (χ1n) is 5.57. The van der Waals surface area contributed by atoms with Crippen LogP contribution in [0.4, 0.5) is 11.4 Å². The molecule has 2 rings (SSSR count). The molecule has 2 aromatic rings. The van der Waals surface area contributed by atoms with Crippen molar-refractivity contribution in [3.8, 4) is 0 Å². The van der Waals surface area contributed by atoms with Crippen LogP contribution in [0.1, 0.15) is 16.0 Å². The fraction of sp³-hybridized carbons (Fsp3) is 0.250. The number of benzene rings is 1. The Bertz CT molecular complexity index is 604. The highest BCUT2D eigenvalue weighted by Gasteiger charge is 2.12. The van der Waals surface area contributed by atoms with E-state index in [1.54, 1.807) is 18.3 Å². The van der Waals surface area contributed by atoms with Crippen LogP contribution in [-0.2, 0) is 6.54 Å². The predicted molar refractivity (Wildman–Crippen MR) is 77.0 cm³/mol. The van der Waals surface area contributed by atoms with Gasteiger partial charge >= 0.3 is 0 Å². The molecule has 0 unspecified atom stereocenters. The summed E-state index contributed by atoms with van der Waals surface area (Å²) < 4.78 is 0.508. The minimum atomic E-state index is -0.382. The number of halogens is 1. The third kappa shape index (κ3) is 3.21. The monoisotopic (exact) mass is 297 g/mol. The van der Waals surface area contributed by atoms with Gasteiger partial charge in [-0.3, -0.25) is 10.1 Å². The molecule has 1 aromatic carbocycles. The number of nitrogens with one attached hydrogen (secondary N) is 1. The van der Waals surface area contributed by atoms with E-state index < -0.39 is 0 Å². The molecule has 0 amide bonds. The van der Waals surface area contributed by atoms with E-state index in [-0.39, 0.29) is 10.6 Å². The summed E-state index contributed by atoms with van der Waals surface area (Å²) in [5.74, 6) is 0. The van der Waals surface area contributed by atoms with Crippen LogP contribution >= 0.6 is 22.9 Å². The summed E-state index contributed by atoms with van der Waals surface area (Å²) in [5.41, 5.74) is 2.72. The molecule has 0 atom stereocenters. The lowest BCUT2D eigenvalue weighted by molar-refractivity contribution is -0.384. The van der Waals surface area contributed by atoms with Crippen LogP contribution in [0.15, 0.2) is 18.3 Å². The summed E-state index contributed by atoms with van der Waals surface area (Å²) >= 11 is 7.18. The SMILES string of the molecule is Cc1cc([N+](=O)[O-])cc(C)c1NCc1cnc(Cl)s1. The van der Waals surface area contributed by atoms with Crippen LogP contribution in [-0.4, -0.2) is 9.91 Å². The molecule has 5 nitrogen and oxygen atoms in total. The zero-order valence-electron chi connectivity index (χ0n) is 10.4. The molecule has 0 saturated carbocycles. The Kier molecular flexibility index (Phi) is 4.01. The van der Waals surface area contributed by atoms with E-state index in [2.05, 4.69) is 10.3 Å². The summed E-state index contributed by atoms with van der Waals surface area (Å²) in [5, 5.41) is 14.0. The topological polar surface area (TPSA) is 68.1 Å². The summed E-state index contributed by atoms with van der Waals surface area (Å²) in [6.45, 7) is 4.30. The van der Waals surface area contributed by atoms with Crippen molar-refractivity contribution in [3.63, 3.8) is 0 Å². The maximum atomic E-state index is 10.8. The molecule has 0 radical (unpaired) electrons. The zero-order valence-corrected chi connectivity index (χ0v) is 12.0. The highest BCUT2D eigenvalue weighted by atomic mass is 35.5. The van der Waals surface area contributed by atoms with E-state index in [1.807, 2.05) is 13.8 Å². The van der Waals surface area contributed by atoms with Crippen molar-refractivity contribution < 1.29 is 4.92 Å². The van der Waals surface area contributed by atoms with Gasteiger partial charge in [0.25, 0.3) is 5.69 Å². The molecule has 0 bridgehead atoms. The number of hydrogen-bond acceptors (Lipinski definition) is 5. The molecular weight excluding hydrogens is 286 g/mol. The molecular formula is C12H12ClN3O2S. The molecule has 100 valence electrons. The predicted octanol–water partition coefficient (Wildman–Crippen LogP) is 3.93. The van der Waals surface area contributed by atoms with Gasteiger partial charge in [-0.05, 0) is 25.0 Å². The molecule has 0 aliphatic carbocycles. The first-order chi connectivity index (χ1) is 8.97. The average molecular weight is 298 g/mol. The van der Waals surface area contributed by atoms with Gasteiger partial charge in [0.1, 0.15) is 0 Å². The van der Waals surface area contributed by atoms with Gasteiger partial charge < -0.3 is 5.32 Å². The third-order valence-corrected chi connectivity index (χ3v) is 3.81. The minimum Gasteiger partial charge on any atom is -0.380 e. The summed E-state index contributed by atoms with van der Waals surface area (Å²) in [7, 11) is 0. The largest absolute Gasteiger partial charge is 0.380 e. The normalized spacial score (nSPS) is 10.5. The van der Waals surface area contributed by atoms with Gasteiger partial charge in [-0.25, -0.2) is 4.98 Å². The van der Waals surface area contributed by atoms with Gasteiger partial charge in [-0.1, -0.05) is 11.6 Å². The number of aromatic nitrogens is 1. The minimum absolute atomic E-state index is 0.112. The molecule has 0 aliphatic heterocycles. The van der Waals surface area contributed by atoms with Crippen LogP contribution in [0.5, 0.6) is 0 Å². The average Bonchev–Trinajstić information content (AvgIpc) is 2.73. The Hall–Kier alpha value is -1.66. The number of aryl methyl sites for hydroxylation is 2. The number of non-ortho nitro benzene ring substituents is 1. The Labute approximate surface area is 119 Å². The van der Waals surface area contributed by atoms with Crippen molar-refractivity contribution in [1.82, 2.24) is 4.98 Å². The van der Waals surface area contributed by atoms with Gasteiger partial charge in [0.2, 0.25) is 0 Å². The second-order valence-corrected chi connectivity index (χ2v) is 5.84. The second kappa shape index (κ2) is 5.54. The van der Waals surface area contributed by atoms with E-state index in [1.165, 1.54) is 11.3 Å². The summed E-state index contributed by atoms with van der Waals surface area (Å²) in [6.07, 6.45) is 1.72. The fourth-order valence-corrected chi connectivity index (χ4v) is 2.78. The maximum absolute atomic E-state index is 10.8. The molecule has 1 N–H and O–H groups in total. The standard InChI is InChI=1S/C12H12ClN3O2S/c1-7-3-9(16(17)18)4-8(2)11(7)14-5-10-6-15-12(13)19-10/h3-4,6,14H,5H2,1-2H3. The first-order valence-corrected chi connectivity index (χ1v) is 6.76. The highest BCUT2D eigenvalue weighted by molar-refractivity contribution is 7.15. The van der Waals surface area contributed by atoms with E-state index in [0.717, 1.165) is 21.7 Å². The number of nitro benzene ring substituents is 1. The Morgan fingerprint density at radius 1 is 1.42 bits per heavy atom. The van der Waals surface area contributed by atoms with Gasteiger partial charge in [0.05, 0.1) is 11.5 Å². The van der Waals surface area contributed by atoms with Crippen molar-refractivity contribution in [2.24, 2.45) is 0 Å². The fourth-order valence-electron chi connectivity index (χ4n) is 1.87. The number of thiazole rings is 1. The molecule has 0 aliphatic rings. The Morgan fingerprint density at radius 3 is 2.53 bits per heavy atom. The lowest BCUT2D eigenvalue weighted by atomic mass is 10.1. The van der Waals surface area contributed by atoms with E-state index >= 15 is 0 Å². The Balaban J connectivity index is 2.18. The zero-order chi connectivity index (χ0) is 14.0. The number of nitrogens with zero attached hydrogens (tertiary/aromatic N) is 2. The van der Waals surface area contributed by atoms with Crippen molar-refractivity contribution in [3.05, 3.63) is 48.9 Å². The number of nitro groups is 1. The van der Waals surface area contributed by atoms with Crippen molar-refractivity contribution in [2.45, 2.75) is 20.4 Å². The van der Waals surface area contributed by atoms with E-state index in [4.69, 9.17) is 11.6 Å². The highest BCUT2D eigenvalue weighted by Crippen LogP contribution is 2.27. The number of anilines is 1. The van der Waals surface area contributed by atoms with Crippen LogP contribution in [0.3, 0.4) is 0 Å². The molecule has 0 fully saturated rings. The second-order valence-electron chi connectivity index (χ2n) is 4.14. The van der Waals surface area contributed by atoms with Crippen LogP contribution < -0.4 is 5.32 Å². The first kappa shape index (κ1) is 13.8. The number of rotatable bonds is 4. The van der Waals surface area contributed by atoms with Crippen molar-refractivity contribution in [2.75, 3.05) is 5.32 Å². The van der Waals surface area contributed by atoms with Crippen LogP contribution in [0.25, 0.3) is 0 Å². The van der Waals surface area contributed by atoms with Gasteiger partial charge in [-0.15, -0.1) is 11.3 Å². The number of hydrogen-bond donors (Lipinski definition) is 1. The molecule has 0 spiro atoms. The summed E-state index contributed by atoms with van der Waals surface area (Å²) in [4.78, 5) is 15.4. The summed E-state index contributed by atoms with van der Waals surface area (Å²) in [6, 6.07) is 3.13. The van der Waals surface area contributed by atoms with Crippen LogP contribution in [0, 0.1) is 24.0 Å². The third-order valence-electron chi connectivity index (χ3n) is 2.69. The molecule has 1 heterocycles. The van der Waals surface area contributed by atoms with Gasteiger partial charge in [-0.2, -0.15) is 0 Å². The molecule has 0 saturated heterocycles. The van der Waals surface area contributed by atoms with E-state index in [9.17, 15) is 10.1 Å². The van der Waals surface area contributed by atoms with Crippen molar-refractivity contribution >= 4 is 34.3 Å². The molecule has 7 heteroatoms. The quantitative estimate of drug-likeness (QED) is 0.685. The van der Waals surface area contributed by atoms with Crippen LogP contribution in [0.2, 0.25) is 4.47 Å². The molecule has 1 aromatic heterocycles. The van der Waals surface area contributed by atoms with Gasteiger partial charge in [0, 0.05) is 28.9 Å². The smallest absolute Gasteiger partial charge is 0.270 e. The maximum Gasteiger partial charge on any atom is 0.270 e. The van der Waals surface area contributed by atoms with E-state index in [0.29, 0.717) is 11.0 Å². The Morgan fingerprint density at radius 2 is 2.05 bits per heavy atom.